The van der Waals surface area contributed by atoms with Crippen LogP contribution in [0.2, 0.25) is 0 Å². The first-order valence-electron chi connectivity index (χ1n) is 4.16. The SMILES string of the molecule is O=CCc1ccc2cnccc2c1. The molecule has 0 aliphatic carbocycles. The number of hydrogen-bond acceptors (Lipinski definition) is 2. The van der Waals surface area contributed by atoms with Crippen molar-refractivity contribution in [2.75, 3.05) is 0 Å². The minimum atomic E-state index is 0.484. The molecule has 0 aliphatic heterocycles. The summed E-state index contributed by atoms with van der Waals surface area (Å²) in [6.45, 7) is 0. The highest BCUT2D eigenvalue weighted by Crippen LogP contribution is 2.14. The zero-order chi connectivity index (χ0) is 9.10. The summed E-state index contributed by atoms with van der Waals surface area (Å²) in [7, 11) is 0. The standard InChI is InChI=1S/C11H9NO/c13-6-4-9-1-2-11-8-12-5-3-10(11)7-9/h1-3,5-8H,4H2. The number of aldehydes is 1. The van der Waals surface area contributed by atoms with Crippen molar-refractivity contribution >= 4 is 17.1 Å². The second-order valence-electron chi connectivity index (χ2n) is 2.93. The van der Waals surface area contributed by atoms with Gasteiger partial charge in [0.25, 0.3) is 0 Å². The van der Waals surface area contributed by atoms with Gasteiger partial charge >= 0.3 is 0 Å². The molecule has 0 amide bonds. The van der Waals surface area contributed by atoms with E-state index in [1.165, 1.54) is 0 Å². The lowest BCUT2D eigenvalue weighted by atomic mass is 10.1. The number of pyridine rings is 1. The van der Waals surface area contributed by atoms with Crippen molar-refractivity contribution in [1.29, 1.82) is 0 Å². The van der Waals surface area contributed by atoms with E-state index in [2.05, 4.69) is 4.98 Å². The largest absolute Gasteiger partial charge is 0.303 e. The minimum absolute atomic E-state index is 0.484. The Morgan fingerprint density at radius 2 is 2.15 bits per heavy atom. The minimum Gasteiger partial charge on any atom is -0.303 e. The highest BCUT2D eigenvalue weighted by atomic mass is 16.1. The lowest BCUT2D eigenvalue weighted by Crippen LogP contribution is -1.85. The third-order valence-electron chi connectivity index (χ3n) is 2.02. The third kappa shape index (κ3) is 1.56. The van der Waals surface area contributed by atoms with Gasteiger partial charge in [0.1, 0.15) is 6.29 Å². The van der Waals surface area contributed by atoms with Gasteiger partial charge < -0.3 is 4.79 Å². The highest BCUT2D eigenvalue weighted by Gasteiger charge is 1.94. The first-order valence-corrected chi connectivity index (χ1v) is 4.16. The maximum absolute atomic E-state index is 10.3. The maximum atomic E-state index is 10.3. The molecule has 0 saturated carbocycles. The van der Waals surface area contributed by atoms with E-state index in [9.17, 15) is 4.79 Å². The average molecular weight is 171 g/mol. The summed E-state index contributed by atoms with van der Waals surface area (Å²) in [5.74, 6) is 0. The molecule has 0 spiro atoms. The van der Waals surface area contributed by atoms with Crippen LogP contribution in [0.4, 0.5) is 0 Å². The van der Waals surface area contributed by atoms with Crippen LogP contribution in [0, 0.1) is 0 Å². The van der Waals surface area contributed by atoms with E-state index < -0.39 is 0 Å². The van der Waals surface area contributed by atoms with E-state index in [-0.39, 0.29) is 0 Å². The van der Waals surface area contributed by atoms with Gasteiger partial charge in [0.05, 0.1) is 0 Å². The molecular formula is C11H9NO. The van der Waals surface area contributed by atoms with Crippen LogP contribution in [0.3, 0.4) is 0 Å². The van der Waals surface area contributed by atoms with Crippen molar-refractivity contribution in [1.82, 2.24) is 4.98 Å². The molecule has 0 aliphatic rings. The molecule has 2 heteroatoms. The topological polar surface area (TPSA) is 30.0 Å². The molecule has 1 aromatic heterocycles. The molecule has 0 atom stereocenters. The Kier molecular flexibility index (Phi) is 2.04. The van der Waals surface area contributed by atoms with Crippen LogP contribution in [0.1, 0.15) is 5.56 Å². The molecular weight excluding hydrogens is 162 g/mol. The number of hydrogen-bond donors (Lipinski definition) is 0. The molecule has 0 saturated heterocycles. The fraction of sp³-hybridized carbons (Fsp3) is 0.0909. The molecule has 1 heterocycles. The first-order chi connectivity index (χ1) is 6.40. The van der Waals surface area contributed by atoms with Crippen molar-refractivity contribution in [3.63, 3.8) is 0 Å². The van der Waals surface area contributed by atoms with Gasteiger partial charge in [0.2, 0.25) is 0 Å². The van der Waals surface area contributed by atoms with Gasteiger partial charge in [-0.2, -0.15) is 0 Å². The second-order valence-corrected chi connectivity index (χ2v) is 2.93. The molecule has 0 N–H and O–H groups in total. The van der Waals surface area contributed by atoms with E-state index in [4.69, 9.17) is 0 Å². The van der Waals surface area contributed by atoms with Gasteiger partial charge in [-0.1, -0.05) is 18.2 Å². The number of rotatable bonds is 2. The summed E-state index contributed by atoms with van der Waals surface area (Å²) >= 11 is 0. The molecule has 2 aromatic rings. The highest BCUT2D eigenvalue weighted by molar-refractivity contribution is 5.82. The first kappa shape index (κ1) is 7.92. The molecule has 64 valence electrons. The Bertz CT molecular complexity index is 437. The van der Waals surface area contributed by atoms with E-state index in [0.717, 1.165) is 22.6 Å². The van der Waals surface area contributed by atoms with Crippen LogP contribution in [0.15, 0.2) is 36.7 Å². The molecule has 1 aromatic carbocycles. The van der Waals surface area contributed by atoms with Crippen LogP contribution >= 0.6 is 0 Å². The Morgan fingerprint density at radius 1 is 1.23 bits per heavy atom. The van der Waals surface area contributed by atoms with Gasteiger partial charge in [-0.3, -0.25) is 4.98 Å². The summed E-state index contributed by atoms with van der Waals surface area (Å²) < 4.78 is 0. The number of aromatic nitrogens is 1. The van der Waals surface area contributed by atoms with Crippen molar-refractivity contribution < 1.29 is 4.79 Å². The van der Waals surface area contributed by atoms with Gasteiger partial charge in [-0.25, -0.2) is 0 Å². The Hall–Kier alpha value is -1.70. The zero-order valence-corrected chi connectivity index (χ0v) is 7.10. The Balaban J connectivity index is 2.55. The molecule has 0 radical (unpaired) electrons. The number of carbonyl (C=O) groups is 1. The van der Waals surface area contributed by atoms with Gasteiger partial charge in [-0.15, -0.1) is 0 Å². The predicted octanol–water partition coefficient (Wildman–Crippen LogP) is 1.98. The van der Waals surface area contributed by atoms with Crippen molar-refractivity contribution in [3.8, 4) is 0 Å². The fourth-order valence-electron chi connectivity index (χ4n) is 1.36. The number of benzene rings is 1. The summed E-state index contributed by atoms with van der Waals surface area (Å²) in [6.07, 6.45) is 4.98. The smallest absolute Gasteiger partial charge is 0.124 e. The second kappa shape index (κ2) is 3.35. The average Bonchev–Trinajstić information content (AvgIpc) is 2.18. The monoisotopic (exact) mass is 171 g/mol. The fourth-order valence-corrected chi connectivity index (χ4v) is 1.36. The quantitative estimate of drug-likeness (QED) is 0.646. The third-order valence-corrected chi connectivity index (χ3v) is 2.02. The van der Waals surface area contributed by atoms with Crippen molar-refractivity contribution in [2.24, 2.45) is 0 Å². The van der Waals surface area contributed by atoms with Crippen LogP contribution < -0.4 is 0 Å². The maximum Gasteiger partial charge on any atom is 0.124 e. The van der Waals surface area contributed by atoms with Gasteiger partial charge in [0, 0.05) is 24.2 Å². The van der Waals surface area contributed by atoms with Crippen LogP contribution in [0.25, 0.3) is 10.8 Å². The van der Waals surface area contributed by atoms with E-state index in [0.29, 0.717) is 6.42 Å². The van der Waals surface area contributed by atoms with Crippen molar-refractivity contribution in [2.45, 2.75) is 6.42 Å². The van der Waals surface area contributed by atoms with Gasteiger partial charge in [0.15, 0.2) is 0 Å². The number of fused-ring (bicyclic) bond motifs is 1. The molecule has 2 nitrogen and oxygen atoms in total. The van der Waals surface area contributed by atoms with Crippen LogP contribution in [0.5, 0.6) is 0 Å². The lowest BCUT2D eigenvalue weighted by molar-refractivity contribution is -0.107. The molecule has 13 heavy (non-hydrogen) atoms. The van der Waals surface area contributed by atoms with Crippen LogP contribution in [-0.4, -0.2) is 11.3 Å². The van der Waals surface area contributed by atoms with E-state index in [1.807, 2.05) is 30.5 Å². The van der Waals surface area contributed by atoms with E-state index in [1.54, 1.807) is 6.20 Å². The van der Waals surface area contributed by atoms with Gasteiger partial charge in [-0.05, 0) is 17.0 Å². The van der Waals surface area contributed by atoms with Crippen molar-refractivity contribution in [3.05, 3.63) is 42.2 Å². The number of nitrogens with zero attached hydrogens (tertiary/aromatic N) is 1. The summed E-state index contributed by atoms with van der Waals surface area (Å²) in [4.78, 5) is 14.3. The van der Waals surface area contributed by atoms with Crippen LogP contribution in [-0.2, 0) is 11.2 Å². The summed E-state index contributed by atoms with van der Waals surface area (Å²) in [5.41, 5.74) is 1.05. The predicted molar refractivity (Wildman–Crippen MR) is 51.5 cm³/mol. The molecule has 0 bridgehead atoms. The molecule has 2 rings (SSSR count). The number of carbonyl (C=O) groups excluding carboxylic acids is 1. The Morgan fingerprint density at radius 3 is 3.00 bits per heavy atom. The molecule has 0 unspecified atom stereocenters. The summed E-state index contributed by atoms with van der Waals surface area (Å²) in [6, 6.07) is 7.91. The summed E-state index contributed by atoms with van der Waals surface area (Å²) in [5, 5.41) is 2.24. The van der Waals surface area contributed by atoms with E-state index >= 15 is 0 Å². The Labute approximate surface area is 76.2 Å². The normalized spacial score (nSPS) is 10.2. The lowest BCUT2D eigenvalue weighted by Gasteiger charge is -1.98. The molecule has 0 fully saturated rings. The zero-order valence-electron chi connectivity index (χ0n) is 7.10.